The summed E-state index contributed by atoms with van der Waals surface area (Å²) in [7, 11) is 0. The summed E-state index contributed by atoms with van der Waals surface area (Å²) in [6.07, 6.45) is -4.96. The van der Waals surface area contributed by atoms with Crippen molar-refractivity contribution in [2.75, 3.05) is 18.5 Å². The van der Waals surface area contributed by atoms with Crippen LogP contribution >= 0.6 is 0 Å². The Balaban J connectivity index is 2.20. The molecule has 168 valence electrons. The lowest BCUT2D eigenvalue weighted by Gasteiger charge is -2.22. The Kier molecular flexibility index (Phi) is 7.48. The van der Waals surface area contributed by atoms with E-state index in [-0.39, 0.29) is 31.0 Å². The number of aromatic amines is 1. The molecule has 1 aromatic heterocycles. The number of halogens is 3. The first-order chi connectivity index (χ1) is 14.5. The standard InChI is InChI=1S/C21H24F3N3O4/c1-5-27(20(30)21(22,23)24)11-14-8-7-9-15(10-14)26-18(28)17-12(3)16(13(4)25-17)19(29)31-6-2/h7-10,25H,5-6,11H2,1-4H3,(H,26,28). The van der Waals surface area contributed by atoms with Crippen LogP contribution in [0.15, 0.2) is 24.3 Å². The lowest BCUT2D eigenvalue weighted by Crippen LogP contribution is -2.40. The van der Waals surface area contributed by atoms with Gasteiger partial charge in [0, 0.05) is 24.5 Å². The quantitative estimate of drug-likeness (QED) is 0.639. The summed E-state index contributed by atoms with van der Waals surface area (Å²) >= 11 is 0. The molecule has 0 radical (unpaired) electrons. The van der Waals surface area contributed by atoms with Crippen molar-refractivity contribution in [3.63, 3.8) is 0 Å². The predicted molar refractivity (Wildman–Crippen MR) is 108 cm³/mol. The lowest BCUT2D eigenvalue weighted by atomic mass is 10.1. The molecule has 0 aliphatic carbocycles. The number of anilines is 1. The van der Waals surface area contributed by atoms with Crippen LogP contribution in [0.2, 0.25) is 0 Å². The number of benzene rings is 1. The molecule has 31 heavy (non-hydrogen) atoms. The van der Waals surface area contributed by atoms with Crippen molar-refractivity contribution in [1.29, 1.82) is 0 Å². The first kappa shape index (κ1) is 24.0. The Labute approximate surface area is 177 Å². The molecule has 0 bridgehead atoms. The SMILES string of the molecule is CCOC(=O)c1c(C)[nH]c(C(=O)Nc2cccc(CN(CC)C(=O)C(F)(F)F)c2)c1C. The number of aromatic nitrogens is 1. The van der Waals surface area contributed by atoms with Crippen molar-refractivity contribution >= 4 is 23.5 Å². The molecule has 0 fully saturated rings. The highest BCUT2D eigenvalue weighted by Crippen LogP contribution is 2.22. The Hall–Kier alpha value is -3.30. The van der Waals surface area contributed by atoms with E-state index in [1.54, 1.807) is 39.0 Å². The van der Waals surface area contributed by atoms with Crippen molar-refractivity contribution in [3.8, 4) is 0 Å². The van der Waals surface area contributed by atoms with Crippen LogP contribution in [-0.4, -0.2) is 47.0 Å². The number of nitrogens with one attached hydrogen (secondary N) is 2. The van der Waals surface area contributed by atoms with Gasteiger partial charge in [-0.3, -0.25) is 9.59 Å². The second-order valence-corrected chi connectivity index (χ2v) is 6.82. The molecule has 2 rings (SSSR count). The first-order valence-corrected chi connectivity index (χ1v) is 9.62. The highest BCUT2D eigenvalue weighted by atomic mass is 19.4. The number of amides is 2. The normalized spacial score (nSPS) is 11.2. The van der Waals surface area contributed by atoms with Gasteiger partial charge in [0.05, 0.1) is 12.2 Å². The highest BCUT2D eigenvalue weighted by Gasteiger charge is 2.41. The lowest BCUT2D eigenvalue weighted by molar-refractivity contribution is -0.185. The Morgan fingerprint density at radius 1 is 1.16 bits per heavy atom. The molecule has 2 aromatic rings. The molecule has 0 aliphatic heterocycles. The number of nitrogens with zero attached hydrogens (tertiary/aromatic N) is 1. The molecule has 7 nitrogen and oxygen atoms in total. The van der Waals surface area contributed by atoms with Crippen molar-refractivity contribution in [2.24, 2.45) is 0 Å². The number of alkyl halides is 3. The number of aryl methyl sites for hydroxylation is 1. The van der Waals surface area contributed by atoms with E-state index in [1.807, 2.05) is 0 Å². The van der Waals surface area contributed by atoms with Crippen LogP contribution in [0.4, 0.5) is 18.9 Å². The van der Waals surface area contributed by atoms with Crippen LogP contribution in [0.25, 0.3) is 0 Å². The van der Waals surface area contributed by atoms with Crippen LogP contribution in [-0.2, 0) is 16.1 Å². The van der Waals surface area contributed by atoms with Gasteiger partial charge in [0.25, 0.3) is 5.91 Å². The van der Waals surface area contributed by atoms with Crippen LogP contribution in [0.5, 0.6) is 0 Å². The maximum atomic E-state index is 12.7. The van der Waals surface area contributed by atoms with Crippen molar-refractivity contribution in [1.82, 2.24) is 9.88 Å². The second kappa shape index (κ2) is 9.67. The maximum Gasteiger partial charge on any atom is 0.471 e. The van der Waals surface area contributed by atoms with E-state index in [0.29, 0.717) is 27.4 Å². The van der Waals surface area contributed by atoms with Crippen LogP contribution in [0.3, 0.4) is 0 Å². The number of ether oxygens (including phenoxy) is 1. The number of esters is 1. The van der Waals surface area contributed by atoms with Gasteiger partial charge in [0.2, 0.25) is 0 Å². The Morgan fingerprint density at radius 3 is 2.42 bits per heavy atom. The summed E-state index contributed by atoms with van der Waals surface area (Å²) in [5.74, 6) is -2.98. The summed E-state index contributed by atoms with van der Waals surface area (Å²) in [4.78, 5) is 39.8. The second-order valence-electron chi connectivity index (χ2n) is 6.82. The number of hydrogen-bond acceptors (Lipinski definition) is 4. The summed E-state index contributed by atoms with van der Waals surface area (Å²) < 4.78 is 43.2. The van der Waals surface area contributed by atoms with Gasteiger partial charge in [-0.05, 0) is 51.0 Å². The third-order valence-corrected chi connectivity index (χ3v) is 4.61. The van der Waals surface area contributed by atoms with E-state index in [1.165, 1.54) is 13.0 Å². The van der Waals surface area contributed by atoms with Crippen molar-refractivity contribution < 1.29 is 32.3 Å². The van der Waals surface area contributed by atoms with Gasteiger partial charge in [-0.2, -0.15) is 13.2 Å². The van der Waals surface area contributed by atoms with E-state index in [9.17, 15) is 27.6 Å². The molecule has 0 atom stereocenters. The number of rotatable bonds is 7. The highest BCUT2D eigenvalue weighted by molar-refractivity contribution is 6.06. The van der Waals surface area contributed by atoms with Gasteiger partial charge < -0.3 is 19.9 Å². The summed E-state index contributed by atoms with van der Waals surface area (Å²) in [6.45, 7) is 6.21. The predicted octanol–water partition coefficient (Wildman–Crippen LogP) is 3.97. The smallest absolute Gasteiger partial charge is 0.462 e. The fourth-order valence-electron chi connectivity index (χ4n) is 3.15. The van der Waals surface area contributed by atoms with Gasteiger partial charge in [-0.15, -0.1) is 0 Å². The van der Waals surface area contributed by atoms with E-state index in [2.05, 4.69) is 10.3 Å². The molecule has 2 amide bonds. The van der Waals surface area contributed by atoms with Gasteiger partial charge in [-0.1, -0.05) is 12.1 Å². The molecule has 0 saturated heterocycles. The number of H-pyrrole nitrogens is 1. The molecule has 0 aliphatic rings. The first-order valence-electron chi connectivity index (χ1n) is 9.62. The average Bonchev–Trinajstić information content (AvgIpc) is 2.99. The van der Waals surface area contributed by atoms with Crippen LogP contribution in [0.1, 0.15) is 51.5 Å². The third-order valence-electron chi connectivity index (χ3n) is 4.61. The fraction of sp³-hybridized carbons (Fsp3) is 0.381. The summed E-state index contributed by atoms with van der Waals surface area (Å²) in [6, 6.07) is 6.18. The minimum absolute atomic E-state index is 0.119. The monoisotopic (exact) mass is 439 g/mol. The number of carbonyl (C=O) groups is 3. The molecular formula is C21H24F3N3O4. The van der Waals surface area contributed by atoms with Gasteiger partial charge in [0.1, 0.15) is 5.69 Å². The zero-order valence-corrected chi connectivity index (χ0v) is 17.6. The molecule has 10 heteroatoms. The third kappa shape index (κ3) is 5.65. The minimum Gasteiger partial charge on any atom is -0.462 e. The van der Waals surface area contributed by atoms with Crippen LogP contribution < -0.4 is 5.32 Å². The van der Waals surface area contributed by atoms with E-state index >= 15 is 0 Å². The molecule has 1 aromatic carbocycles. The van der Waals surface area contributed by atoms with Crippen molar-refractivity contribution in [3.05, 3.63) is 52.3 Å². The molecule has 1 heterocycles. The van der Waals surface area contributed by atoms with Gasteiger partial charge in [0.15, 0.2) is 0 Å². The summed E-state index contributed by atoms with van der Waals surface area (Å²) in [5.41, 5.74) is 2.13. The zero-order valence-electron chi connectivity index (χ0n) is 17.6. The van der Waals surface area contributed by atoms with Gasteiger partial charge in [-0.25, -0.2) is 4.79 Å². The molecule has 2 N–H and O–H groups in total. The molecule has 0 unspecified atom stereocenters. The minimum atomic E-state index is -4.96. The Bertz CT molecular complexity index is 983. The molecule has 0 spiro atoms. The zero-order chi connectivity index (χ0) is 23.3. The topological polar surface area (TPSA) is 91.5 Å². The van der Waals surface area contributed by atoms with E-state index < -0.39 is 24.0 Å². The van der Waals surface area contributed by atoms with Crippen LogP contribution in [0, 0.1) is 13.8 Å². The summed E-state index contributed by atoms with van der Waals surface area (Å²) in [5, 5.41) is 2.65. The number of hydrogen-bond donors (Lipinski definition) is 2. The van der Waals surface area contributed by atoms with E-state index in [0.717, 1.165) is 0 Å². The van der Waals surface area contributed by atoms with Gasteiger partial charge >= 0.3 is 18.1 Å². The number of carbonyl (C=O) groups excluding carboxylic acids is 3. The van der Waals surface area contributed by atoms with Crippen molar-refractivity contribution in [2.45, 2.75) is 40.4 Å². The largest absolute Gasteiger partial charge is 0.471 e. The Morgan fingerprint density at radius 2 is 1.84 bits per heavy atom. The molecular weight excluding hydrogens is 415 g/mol. The maximum absolute atomic E-state index is 12.7. The molecule has 0 saturated carbocycles. The fourth-order valence-corrected chi connectivity index (χ4v) is 3.15. The van der Waals surface area contributed by atoms with E-state index in [4.69, 9.17) is 4.74 Å². The average molecular weight is 439 g/mol.